The van der Waals surface area contributed by atoms with Crippen molar-refractivity contribution in [2.75, 3.05) is 13.1 Å². The molecule has 1 aromatic carbocycles. The summed E-state index contributed by atoms with van der Waals surface area (Å²) in [7, 11) is -3.32. The first-order chi connectivity index (χ1) is 9.46. The molecule has 4 heteroatoms. The number of benzene rings is 1. The van der Waals surface area contributed by atoms with Gasteiger partial charge in [0, 0.05) is 13.1 Å². The van der Waals surface area contributed by atoms with Crippen molar-refractivity contribution in [2.45, 2.75) is 44.4 Å². The number of sulfonamides is 1. The third-order valence-corrected chi connectivity index (χ3v) is 6.37. The van der Waals surface area contributed by atoms with Crippen LogP contribution in [0, 0.1) is 11.8 Å². The second-order valence-corrected chi connectivity index (χ2v) is 8.49. The Labute approximate surface area is 122 Å². The molecule has 0 amide bonds. The first kappa shape index (κ1) is 14.1. The molecule has 0 saturated carbocycles. The van der Waals surface area contributed by atoms with E-state index in [9.17, 15) is 8.42 Å². The Hall–Kier alpha value is -0.870. The fourth-order valence-electron chi connectivity index (χ4n) is 3.66. The molecule has 1 saturated heterocycles. The smallest absolute Gasteiger partial charge is 0.207 e. The Kier molecular flexibility index (Phi) is 3.63. The van der Waals surface area contributed by atoms with Gasteiger partial charge in [-0.1, -0.05) is 19.9 Å². The number of hydrogen-bond donors (Lipinski definition) is 0. The lowest BCUT2D eigenvalue weighted by Gasteiger charge is -2.34. The minimum absolute atomic E-state index is 0.447. The van der Waals surface area contributed by atoms with E-state index < -0.39 is 10.0 Å². The van der Waals surface area contributed by atoms with Crippen molar-refractivity contribution in [1.82, 2.24) is 4.31 Å². The molecule has 0 aromatic heterocycles. The lowest BCUT2D eigenvalue weighted by Crippen LogP contribution is -2.42. The highest BCUT2D eigenvalue weighted by molar-refractivity contribution is 7.89. The number of piperidine rings is 1. The highest BCUT2D eigenvalue weighted by Crippen LogP contribution is 2.29. The van der Waals surface area contributed by atoms with E-state index in [-0.39, 0.29) is 0 Å². The van der Waals surface area contributed by atoms with Gasteiger partial charge in [-0.05, 0) is 60.8 Å². The summed E-state index contributed by atoms with van der Waals surface area (Å²) in [5, 5.41) is 0. The predicted octanol–water partition coefficient (Wildman–Crippen LogP) is 2.84. The van der Waals surface area contributed by atoms with Crippen molar-refractivity contribution in [1.29, 1.82) is 0 Å². The van der Waals surface area contributed by atoms with Crippen LogP contribution < -0.4 is 0 Å². The maximum atomic E-state index is 12.8. The number of nitrogens with zero attached hydrogens (tertiary/aromatic N) is 1. The average Bonchev–Trinajstić information content (AvgIpc) is 2.84. The lowest BCUT2D eigenvalue weighted by molar-refractivity contribution is 0.222. The number of fused-ring (bicyclic) bond motifs is 1. The van der Waals surface area contributed by atoms with Crippen LogP contribution in [0.1, 0.15) is 37.8 Å². The number of hydrogen-bond acceptors (Lipinski definition) is 2. The summed E-state index contributed by atoms with van der Waals surface area (Å²) in [5.41, 5.74) is 2.55. The fraction of sp³-hybridized carbons (Fsp3) is 0.625. The van der Waals surface area contributed by atoms with Crippen LogP contribution in [0.4, 0.5) is 0 Å². The zero-order valence-electron chi connectivity index (χ0n) is 12.3. The molecule has 0 radical (unpaired) electrons. The van der Waals surface area contributed by atoms with Crippen LogP contribution in [0.25, 0.3) is 0 Å². The second kappa shape index (κ2) is 5.15. The Morgan fingerprint density at radius 2 is 1.70 bits per heavy atom. The van der Waals surface area contributed by atoms with Gasteiger partial charge in [-0.2, -0.15) is 4.31 Å². The fourth-order valence-corrected chi connectivity index (χ4v) is 5.39. The van der Waals surface area contributed by atoms with Crippen LogP contribution >= 0.6 is 0 Å². The van der Waals surface area contributed by atoms with Crippen molar-refractivity contribution < 1.29 is 8.42 Å². The van der Waals surface area contributed by atoms with Crippen LogP contribution in [-0.2, 0) is 22.9 Å². The summed E-state index contributed by atoms with van der Waals surface area (Å²) >= 11 is 0. The van der Waals surface area contributed by atoms with Gasteiger partial charge in [0.2, 0.25) is 10.0 Å². The van der Waals surface area contributed by atoms with E-state index in [0.717, 1.165) is 25.7 Å². The summed E-state index contributed by atoms with van der Waals surface area (Å²) in [5.74, 6) is 0.894. The van der Waals surface area contributed by atoms with Crippen LogP contribution in [-0.4, -0.2) is 25.8 Å². The average molecular weight is 293 g/mol. The summed E-state index contributed by atoms with van der Waals surface area (Å²) < 4.78 is 27.3. The molecule has 110 valence electrons. The van der Waals surface area contributed by atoms with Crippen molar-refractivity contribution in [3.05, 3.63) is 29.3 Å². The topological polar surface area (TPSA) is 37.4 Å². The summed E-state index contributed by atoms with van der Waals surface area (Å²) in [6, 6.07) is 5.71. The number of aryl methyl sites for hydroxylation is 2. The van der Waals surface area contributed by atoms with Gasteiger partial charge in [0.25, 0.3) is 0 Å². The van der Waals surface area contributed by atoms with E-state index in [4.69, 9.17) is 0 Å². The highest BCUT2D eigenvalue weighted by atomic mass is 32.2. The Bertz CT molecular complexity index is 599. The van der Waals surface area contributed by atoms with E-state index >= 15 is 0 Å². The molecule has 1 aliphatic carbocycles. The summed E-state index contributed by atoms with van der Waals surface area (Å²) in [6.45, 7) is 5.59. The quantitative estimate of drug-likeness (QED) is 0.841. The van der Waals surface area contributed by atoms with E-state index in [1.165, 1.54) is 11.1 Å². The first-order valence-electron chi connectivity index (χ1n) is 7.59. The first-order valence-corrected chi connectivity index (χ1v) is 9.03. The van der Waals surface area contributed by atoms with Gasteiger partial charge in [-0.15, -0.1) is 0 Å². The van der Waals surface area contributed by atoms with Gasteiger partial charge in [0.05, 0.1) is 4.90 Å². The van der Waals surface area contributed by atoms with Crippen LogP contribution in [0.3, 0.4) is 0 Å². The van der Waals surface area contributed by atoms with Crippen LogP contribution in [0.15, 0.2) is 23.1 Å². The van der Waals surface area contributed by atoms with Gasteiger partial charge in [-0.3, -0.25) is 0 Å². The predicted molar refractivity (Wildman–Crippen MR) is 80.2 cm³/mol. The minimum Gasteiger partial charge on any atom is -0.207 e. The van der Waals surface area contributed by atoms with Gasteiger partial charge >= 0.3 is 0 Å². The van der Waals surface area contributed by atoms with E-state index in [1.807, 2.05) is 12.1 Å². The molecule has 1 aromatic rings. The molecule has 20 heavy (non-hydrogen) atoms. The molecule has 2 atom stereocenters. The van der Waals surface area contributed by atoms with Crippen molar-refractivity contribution >= 4 is 10.0 Å². The molecule has 1 fully saturated rings. The van der Waals surface area contributed by atoms with E-state index in [1.54, 1.807) is 10.4 Å². The van der Waals surface area contributed by atoms with Crippen molar-refractivity contribution in [3.8, 4) is 0 Å². The van der Waals surface area contributed by atoms with Gasteiger partial charge in [0.15, 0.2) is 0 Å². The second-order valence-electron chi connectivity index (χ2n) is 6.55. The molecule has 0 N–H and O–H groups in total. The Balaban J connectivity index is 1.91. The SMILES string of the molecule is C[C@@H]1C[C@H](C)CN(S(=O)(=O)c2ccc3c(c2)CCC3)C1. The largest absolute Gasteiger partial charge is 0.243 e. The third-order valence-electron chi connectivity index (χ3n) is 4.54. The normalized spacial score (nSPS) is 27.5. The lowest BCUT2D eigenvalue weighted by atomic mass is 9.94. The molecule has 3 nitrogen and oxygen atoms in total. The summed E-state index contributed by atoms with van der Waals surface area (Å²) in [6.07, 6.45) is 4.38. The molecular weight excluding hydrogens is 270 g/mol. The zero-order valence-corrected chi connectivity index (χ0v) is 13.1. The summed E-state index contributed by atoms with van der Waals surface area (Å²) in [4.78, 5) is 0.486. The molecule has 0 spiro atoms. The maximum Gasteiger partial charge on any atom is 0.243 e. The van der Waals surface area contributed by atoms with Gasteiger partial charge in [0.1, 0.15) is 0 Å². The monoisotopic (exact) mass is 293 g/mol. The minimum atomic E-state index is -3.32. The zero-order chi connectivity index (χ0) is 14.3. The molecule has 0 bridgehead atoms. The van der Waals surface area contributed by atoms with E-state index in [2.05, 4.69) is 13.8 Å². The molecule has 0 unspecified atom stereocenters. The Morgan fingerprint density at radius 3 is 2.40 bits per heavy atom. The van der Waals surface area contributed by atoms with Crippen molar-refractivity contribution in [3.63, 3.8) is 0 Å². The molecular formula is C16H23NO2S. The van der Waals surface area contributed by atoms with Crippen LogP contribution in [0.2, 0.25) is 0 Å². The van der Waals surface area contributed by atoms with Crippen molar-refractivity contribution in [2.24, 2.45) is 11.8 Å². The molecule has 2 aliphatic rings. The Morgan fingerprint density at radius 1 is 1.05 bits per heavy atom. The highest BCUT2D eigenvalue weighted by Gasteiger charge is 2.32. The molecule has 3 rings (SSSR count). The van der Waals surface area contributed by atoms with Gasteiger partial charge in [-0.25, -0.2) is 8.42 Å². The third kappa shape index (κ3) is 2.51. The van der Waals surface area contributed by atoms with E-state index in [0.29, 0.717) is 29.8 Å². The molecule has 1 aliphatic heterocycles. The van der Waals surface area contributed by atoms with Gasteiger partial charge < -0.3 is 0 Å². The van der Waals surface area contributed by atoms with Crippen LogP contribution in [0.5, 0.6) is 0 Å². The standard InChI is InChI=1S/C16H23NO2S/c1-12-8-13(2)11-17(10-12)20(18,19)16-7-6-14-4-3-5-15(14)9-16/h6-7,9,12-13H,3-5,8,10-11H2,1-2H3/t12-,13+. The molecule has 1 heterocycles. The number of rotatable bonds is 2. The maximum absolute atomic E-state index is 12.8.